The lowest BCUT2D eigenvalue weighted by molar-refractivity contribution is 0.217. The molecule has 1 aromatic carbocycles. The fourth-order valence-electron chi connectivity index (χ4n) is 1.63. The van der Waals surface area contributed by atoms with E-state index >= 15 is 0 Å². The summed E-state index contributed by atoms with van der Waals surface area (Å²) in [7, 11) is 0.635. The van der Waals surface area contributed by atoms with E-state index in [0.29, 0.717) is 0 Å². The molecule has 94 valence electrons. The second-order valence-electron chi connectivity index (χ2n) is 4.05. The van der Waals surface area contributed by atoms with Gasteiger partial charge in [-0.15, -0.1) is 0 Å². The summed E-state index contributed by atoms with van der Waals surface area (Å²) in [6.07, 6.45) is 3.65. The molecule has 0 radical (unpaired) electrons. The van der Waals surface area contributed by atoms with Crippen molar-refractivity contribution in [2.24, 2.45) is 0 Å². The van der Waals surface area contributed by atoms with E-state index in [2.05, 4.69) is 37.8 Å². The first kappa shape index (κ1) is 14.2. The zero-order valence-corrected chi connectivity index (χ0v) is 12.0. The highest BCUT2D eigenvalue weighted by Gasteiger charge is 2.08. The fraction of sp³-hybridized carbons (Fsp3) is 0.429. The van der Waals surface area contributed by atoms with Gasteiger partial charge in [-0.2, -0.15) is 0 Å². The minimum absolute atomic E-state index is 0.807. The Hall–Kier alpha value is -0.903. The highest BCUT2D eigenvalue weighted by Crippen LogP contribution is 2.06. The van der Waals surface area contributed by atoms with Crippen molar-refractivity contribution in [3.8, 4) is 0 Å². The van der Waals surface area contributed by atoms with Gasteiger partial charge in [0.2, 0.25) is 9.04 Å². The smallest absolute Gasteiger partial charge is 0.201 e. The normalized spacial score (nSPS) is 12.4. The molecule has 0 aliphatic heterocycles. The van der Waals surface area contributed by atoms with Gasteiger partial charge in [-0.25, -0.2) is 0 Å². The molecule has 1 unspecified atom stereocenters. The van der Waals surface area contributed by atoms with Crippen molar-refractivity contribution in [1.82, 2.24) is 0 Å². The van der Waals surface area contributed by atoms with E-state index in [-0.39, 0.29) is 0 Å². The van der Waals surface area contributed by atoms with Crippen molar-refractivity contribution < 1.29 is 9.16 Å². The molecule has 0 bridgehead atoms. The summed E-state index contributed by atoms with van der Waals surface area (Å²) in [4.78, 5) is 0. The second kappa shape index (κ2) is 8.23. The zero-order valence-electron chi connectivity index (χ0n) is 10.8. The molecule has 0 aliphatic carbocycles. The highest BCUT2D eigenvalue weighted by atomic mass is 28.3. The van der Waals surface area contributed by atoms with Gasteiger partial charge in [-0.3, -0.25) is 0 Å². The van der Waals surface area contributed by atoms with E-state index in [9.17, 15) is 0 Å². The van der Waals surface area contributed by atoms with Gasteiger partial charge in [0.15, 0.2) is 0 Å². The summed E-state index contributed by atoms with van der Waals surface area (Å²) >= 11 is 0. The maximum atomic E-state index is 5.89. The van der Waals surface area contributed by atoms with Gasteiger partial charge >= 0.3 is 0 Å². The second-order valence-corrected chi connectivity index (χ2v) is 6.78. The number of methoxy groups -OCH3 is 1. The standard InChI is InChI=1S/C14H22O2Si/c1-4-13-6-8-14(9-7-13)10-11-16-17(5-2)12-15-3/h4,6-9,17H,1,5,10-12H2,2-3H3. The van der Waals surface area contributed by atoms with Crippen LogP contribution >= 0.6 is 0 Å². The van der Waals surface area contributed by atoms with Crippen LogP contribution in [0.15, 0.2) is 30.8 Å². The van der Waals surface area contributed by atoms with Crippen molar-refractivity contribution >= 4 is 15.1 Å². The number of benzene rings is 1. The first-order valence-corrected chi connectivity index (χ1v) is 8.22. The third kappa shape index (κ3) is 5.30. The van der Waals surface area contributed by atoms with Crippen molar-refractivity contribution in [3.05, 3.63) is 42.0 Å². The maximum Gasteiger partial charge on any atom is 0.201 e. The molecule has 0 fully saturated rings. The summed E-state index contributed by atoms with van der Waals surface area (Å²) in [6.45, 7) is 6.73. The van der Waals surface area contributed by atoms with Gasteiger partial charge in [-0.05, 0) is 23.6 Å². The van der Waals surface area contributed by atoms with Crippen LogP contribution in [-0.4, -0.2) is 29.0 Å². The average molecular weight is 250 g/mol. The van der Waals surface area contributed by atoms with Gasteiger partial charge in [-0.1, -0.05) is 43.8 Å². The van der Waals surface area contributed by atoms with E-state index in [0.717, 1.165) is 30.9 Å². The Bertz CT molecular complexity index is 321. The SMILES string of the molecule is C=Cc1ccc(CCO[SiH](CC)COC)cc1. The van der Waals surface area contributed by atoms with Crippen LogP contribution in [0.5, 0.6) is 0 Å². The molecule has 0 aromatic heterocycles. The van der Waals surface area contributed by atoms with Gasteiger partial charge < -0.3 is 9.16 Å². The van der Waals surface area contributed by atoms with Gasteiger partial charge in [0.1, 0.15) is 0 Å². The Balaban J connectivity index is 2.31. The van der Waals surface area contributed by atoms with Crippen LogP contribution in [0.4, 0.5) is 0 Å². The predicted molar refractivity (Wildman–Crippen MR) is 75.7 cm³/mol. The first-order chi connectivity index (χ1) is 8.30. The lowest BCUT2D eigenvalue weighted by Crippen LogP contribution is -2.24. The first-order valence-electron chi connectivity index (χ1n) is 6.12. The molecule has 0 amide bonds. The summed E-state index contributed by atoms with van der Waals surface area (Å²) < 4.78 is 11.0. The molecule has 0 aliphatic rings. The van der Waals surface area contributed by atoms with Gasteiger partial charge in [0.05, 0.1) is 6.23 Å². The van der Waals surface area contributed by atoms with Crippen LogP contribution < -0.4 is 0 Å². The minimum Gasteiger partial charge on any atom is -0.417 e. The average Bonchev–Trinajstić information content (AvgIpc) is 2.38. The van der Waals surface area contributed by atoms with E-state index in [4.69, 9.17) is 9.16 Å². The molecule has 1 rings (SSSR count). The van der Waals surface area contributed by atoms with Crippen molar-refractivity contribution in [2.45, 2.75) is 19.4 Å². The quantitative estimate of drug-likeness (QED) is 0.661. The number of rotatable bonds is 8. The molecule has 0 saturated heterocycles. The van der Waals surface area contributed by atoms with Crippen LogP contribution in [0, 0.1) is 0 Å². The largest absolute Gasteiger partial charge is 0.417 e. The summed E-state index contributed by atoms with van der Waals surface area (Å²) in [6, 6.07) is 9.58. The van der Waals surface area contributed by atoms with Crippen molar-refractivity contribution in [2.75, 3.05) is 19.9 Å². The molecule has 17 heavy (non-hydrogen) atoms. The van der Waals surface area contributed by atoms with Crippen molar-refractivity contribution in [3.63, 3.8) is 0 Å². The summed E-state index contributed by atoms with van der Waals surface area (Å²) in [5.41, 5.74) is 2.48. The molecule has 0 saturated carbocycles. The third-order valence-corrected chi connectivity index (χ3v) is 5.09. The molecule has 1 aromatic rings. The summed E-state index contributed by atoms with van der Waals surface area (Å²) in [5.74, 6) is 0. The molecule has 0 spiro atoms. The number of ether oxygens (including phenoxy) is 1. The van der Waals surface area contributed by atoms with Crippen LogP contribution in [0.1, 0.15) is 18.1 Å². The van der Waals surface area contributed by atoms with E-state index in [1.54, 1.807) is 7.11 Å². The molecule has 0 N–H and O–H groups in total. The Morgan fingerprint density at radius 2 is 2.00 bits per heavy atom. The topological polar surface area (TPSA) is 18.5 Å². The van der Waals surface area contributed by atoms with E-state index < -0.39 is 9.04 Å². The molecular weight excluding hydrogens is 228 g/mol. The third-order valence-electron chi connectivity index (χ3n) is 2.77. The molecule has 0 heterocycles. The summed E-state index contributed by atoms with van der Waals surface area (Å²) in [5, 5.41) is 0. The molecular formula is C14H22O2Si. The van der Waals surface area contributed by atoms with E-state index in [1.165, 1.54) is 5.56 Å². The molecule has 2 nitrogen and oxygen atoms in total. The number of hydrogen-bond donors (Lipinski definition) is 0. The Labute approximate surface area is 106 Å². The van der Waals surface area contributed by atoms with Gasteiger partial charge in [0.25, 0.3) is 0 Å². The molecule has 3 heteroatoms. The van der Waals surface area contributed by atoms with Crippen LogP contribution in [0.3, 0.4) is 0 Å². The number of hydrogen-bond acceptors (Lipinski definition) is 2. The Morgan fingerprint density at radius 1 is 1.29 bits per heavy atom. The fourth-order valence-corrected chi connectivity index (χ4v) is 3.02. The van der Waals surface area contributed by atoms with E-state index in [1.807, 2.05) is 6.08 Å². The van der Waals surface area contributed by atoms with Gasteiger partial charge in [0, 0.05) is 13.7 Å². The zero-order chi connectivity index (χ0) is 12.5. The van der Waals surface area contributed by atoms with Crippen LogP contribution in [-0.2, 0) is 15.6 Å². The lowest BCUT2D eigenvalue weighted by Gasteiger charge is -2.13. The van der Waals surface area contributed by atoms with Crippen LogP contribution in [0.2, 0.25) is 6.04 Å². The maximum absolute atomic E-state index is 5.89. The monoisotopic (exact) mass is 250 g/mol. The minimum atomic E-state index is -1.11. The predicted octanol–water partition coefficient (Wildman–Crippen LogP) is 2.82. The van der Waals surface area contributed by atoms with Crippen molar-refractivity contribution in [1.29, 1.82) is 0 Å². The van der Waals surface area contributed by atoms with Crippen LogP contribution in [0.25, 0.3) is 6.08 Å². The Morgan fingerprint density at radius 3 is 2.53 bits per heavy atom. The Kier molecular flexibility index (Phi) is 6.85. The highest BCUT2D eigenvalue weighted by molar-refractivity contribution is 6.51. The lowest BCUT2D eigenvalue weighted by atomic mass is 10.1. The molecule has 1 atom stereocenters.